The number of piperidine rings is 1. The Labute approximate surface area is 156 Å². The Balaban J connectivity index is 1.55. The number of likely N-dealkylation sites (tertiary alicyclic amines) is 1. The number of aliphatic hydroxyl groups is 1. The number of hydrogen-bond acceptors (Lipinski definition) is 3. The first kappa shape index (κ1) is 19.1. The molecule has 144 valence electrons. The summed E-state index contributed by atoms with van der Waals surface area (Å²) in [4.78, 5) is 13.9. The van der Waals surface area contributed by atoms with Crippen molar-refractivity contribution in [2.75, 3.05) is 25.5 Å². The topological polar surface area (TPSA) is 61.8 Å². The number of rotatable bonds is 4. The molecule has 1 fully saturated rings. The maximum Gasteiger partial charge on any atom is 0.321 e. The van der Waals surface area contributed by atoms with E-state index in [1.165, 1.54) is 6.07 Å². The molecule has 0 spiro atoms. The van der Waals surface area contributed by atoms with E-state index in [0.29, 0.717) is 25.9 Å². The minimum absolute atomic E-state index is 0.0324. The Kier molecular flexibility index (Phi) is 5.91. The quantitative estimate of drug-likeness (QED) is 0.849. The monoisotopic (exact) mass is 376 g/mol. The summed E-state index contributed by atoms with van der Waals surface area (Å²) in [7, 11) is 1.59. The Morgan fingerprint density at radius 3 is 2.44 bits per heavy atom. The Bertz CT molecular complexity index is 790. The summed E-state index contributed by atoms with van der Waals surface area (Å²) in [6.07, 6.45) is 0.648. The van der Waals surface area contributed by atoms with Gasteiger partial charge < -0.3 is 20.1 Å². The molecule has 5 nitrogen and oxygen atoms in total. The van der Waals surface area contributed by atoms with Crippen LogP contribution in [0, 0.1) is 17.6 Å². The summed E-state index contributed by atoms with van der Waals surface area (Å²) < 4.78 is 31.7. The van der Waals surface area contributed by atoms with Crippen LogP contribution in [0.4, 0.5) is 19.3 Å². The van der Waals surface area contributed by atoms with Gasteiger partial charge in [0.05, 0.1) is 18.9 Å². The molecule has 27 heavy (non-hydrogen) atoms. The lowest BCUT2D eigenvalue weighted by Gasteiger charge is -2.34. The standard InChI is InChI=1S/C20H22F2N2O3/c1-27-16-5-2-13(3-6-16)19(25)14-8-10-24(11-9-14)20(26)23-18-7-4-15(21)12-17(18)22/h2-7,12,14,19,25H,8-11H2,1H3,(H,23,26)/t19-/m1/s1. The number of anilines is 1. The molecule has 0 radical (unpaired) electrons. The second kappa shape index (κ2) is 8.35. The van der Waals surface area contributed by atoms with E-state index in [2.05, 4.69) is 5.32 Å². The second-order valence-corrected chi connectivity index (χ2v) is 6.60. The van der Waals surface area contributed by atoms with Crippen molar-refractivity contribution in [2.24, 2.45) is 5.92 Å². The van der Waals surface area contributed by atoms with Gasteiger partial charge in [-0.2, -0.15) is 0 Å². The predicted molar refractivity (Wildman–Crippen MR) is 97.6 cm³/mol. The van der Waals surface area contributed by atoms with Gasteiger partial charge in [0.2, 0.25) is 0 Å². The number of hydrogen-bond donors (Lipinski definition) is 2. The van der Waals surface area contributed by atoms with Crippen molar-refractivity contribution in [2.45, 2.75) is 18.9 Å². The molecule has 0 saturated carbocycles. The van der Waals surface area contributed by atoms with E-state index in [1.54, 1.807) is 24.1 Å². The molecule has 0 aromatic heterocycles. The van der Waals surface area contributed by atoms with Crippen LogP contribution < -0.4 is 10.1 Å². The van der Waals surface area contributed by atoms with Crippen molar-refractivity contribution in [1.82, 2.24) is 4.90 Å². The van der Waals surface area contributed by atoms with Gasteiger partial charge in [0.15, 0.2) is 0 Å². The summed E-state index contributed by atoms with van der Waals surface area (Å²) in [6, 6.07) is 9.86. The number of halogens is 2. The normalized spacial score (nSPS) is 16.1. The maximum absolute atomic E-state index is 13.7. The summed E-state index contributed by atoms with van der Waals surface area (Å²) in [5.41, 5.74) is 0.758. The summed E-state index contributed by atoms with van der Waals surface area (Å²) in [5.74, 6) is -0.748. The van der Waals surface area contributed by atoms with Crippen LogP contribution in [0.3, 0.4) is 0 Å². The van der Waals surface area contributed by atoms with Gasteiger partial charge in [-0.3, -0.25) is 0 Å². The van der Waals surface area contributed by atoms with E-state index in [4.69, 9.17) is 4.74 Å². The Morgan fingerprint density at radius 2 is 1.85 bits per heavy atom. The minimum atomic E-state index is -0.812. The highest BCUT2D eigenvalue weighted by Gasteiger charge is 2.28. The highest BCUT2D eigenvalue weighted by molar-refractivity contribution is 5.89. The van der Waals surface area contributed by atoms with Crippen LogP contribution in [0.2, 0.25) is 0 Å². The molecule has 3 rings (SSSR count). The van der Waals surface area contributed by atoms with Gasteiger partial charge in [-0.1, -0.05) is 12.1 Å². The van der Waals surface area contributed by atoms with Gasteiger partial charge >= 0.3 is 6.03 Å². The number of benzene rings is 2. The van der Waals surface area contributed by atoms with Crippen molar-refractivity contribution in [1.29, 1.82) is 0 Å². The lowest BCUT2D eigenvalue weighted by Crippen LogP contribution is -2.42. The van der Waals surface area contributed by atoms with Gasteiger partial charge in [-0.25, -0.2) is 13.6 Å². The Hall–Kier alpha value is -2.67. The summed E-state index contributed by atoms with van der Waals surface area (Å²) in [5, 5.41) is 13.1. The first-order valence-corrected chi connectivity index (χ1v) is 8.81. The molecule has 2 amide bonds. The predicted octanol–water partition coefficient (Wildman–Crippen LogP) is 3.95. The molecule has 2 aromatic carbocycles. The van der Waals surface area contributed by atoms with Crippen molar-refractivity contribution in [3.8, 4) is 5.75 Å². The molecule has 1 saturated heterocycles. The molecule has 7 heteroatoms. The van der Waals surface area contributed by atoms with Crippen molar-refractivity contribution >= 4 is 11.7 Å². The minimum Gasteiger partial charge on any atom is -0.497 e. The fourth-order valence-electron chi connectivity index (χ4n) is 3.28. The van der Waals surface area contributed by atoms with E-state index >= 15 is 0 Å². The van der Waals surface area contributed by atoms with Crippen molar-refractivity contribution in [3.63, 3.8) is 0 Å². The number of ether oxygens (including phenoxy) is 1. The van der Waals surface area contributed by atoms with Gasteiger partial charge in [0.25, 0.3) is 0 Å². The van der Waals surface area contributed by atoms with Crippen LogP contribution in [0.5, 0.6) is 5.75 Å². The first-order chi connectivity index (χ1) is 13.0. The second-order valence-electron chi connectivity index (χ2n) is 6.60. The third-order valence-electron chi connectivity index (χ3n) is 4.90. The number of carbonyl (C=O) groups excluding carboxylic acids is 1. The number of methoxy groups -OCH3 is 1. The molecular weight excluding hydrogens is 354 g/mol. The van der Waals surface area contributed by atoms with E-state index in [1.807, 2.05) is 12.1 Å². The average Bonchev–Trinajstić information content (AvgIpc) is 2.69. The number of urea groups is 1. The van der Waals surface area contributed by atoms with Crippen LogP contribution in [-0.4, -0.2) is 36.2 Å². The van der Waals surface area contributed by atoms with Crippen molar-refractivity contribution in [3.05, 3.63) is 59.7 Å². The largest absolute Gasteiger partial charge is 0.497 e. The van der Waals surface area contributed by atoms with Crippen LogP contribution in [-0.2, 0) is 0 Å². The van der Waals surface area contributed by atoms with E-state index in [-0.39, 0.29) is 11.6 Å². The highest BCUT2D eigenvalue weighted by Crippen LogP contribution is 2.31. The van der Waals surface area contributed by atoms with Crippen LogP contribution >= 0.6 is 0 Å². The lowest BCUT2D eigenvalue weighted by molar-refractivity contribution is 0.0683. The zero-order chi connectivity index (χ0) is 19.4. The molecule has 1 heterocycles. The summed E-state index contributed by atoms with van der Waals surface area (Å²) in [6.45, 7) is 0.902. The smallest absolute Gasteiger partial charge is 0.321 e. The number of nitrogens with one attached hydrogen (secondary N) is 1. The lowest BCUT2D eigenvalue weighted by atomic mass is 9.87. The molecule has 1 aliphatic heterocycles. The molecule has 0 unspecified atom stereocenters. The highest BCUT2D eigenvalue weighted by atomic mass is 19.1. The molecule has 0 bridgehead atoms. The van der Waals surface area contributed by atoms with Crippen LogP contribution in [0.1, 0.15) is 24.5 Å². The fraction of sp³-hybridized carbons (Fsp3) is 0.350. The number of amides is 2. The fourth-order valence-corrected chi connectivity index (χ4v) is 3.28. The zero-order valence-corrected chi connectivity index (χ0v) is 15.0. The van der Waals surface area contributed by atoms with Crippen LogP contribution in [0.15, 0.2) is 42.5 Å². The van der Waals surface area contributed by atoms with Gasteiger partial charge in [0, 0.05) is 19.2 Å². The SMILES string of the molecule is COc1ccc([C@@H](O)C2CCN(C(=O)Nc3ccc(F)cc3F)CC2)cc1. The van der Waals surface area contributed by atoms with Gasteiger partial charge in [-0.15, -0.1) is 0 Å². The molecule has 2 N–H and O–H groups in total. The molecule has 1 atom stereocenters. The number of aliphatic hydroxyl groups excluding tert-OH is 1. The third-order valence-corrected chi connectivity index (χ3v) is 4.90. The number of carbonyl (C=O) groups is 1. The average molecular weight is 376 g/mol. The molecular formula is C20H22F2N2O3. The van der Waals surface area contributed by atoms with E-state index in [9.17, 15) is 18.7 Å². The molecule has 0 aliphatic carbocycles. The molecule has 2 aromatic rings. The van der Waals surface area contributed by atoms with Crippen molar-refractivity contribution < 1.29 is 23.4 Å². The van der Waals surface area contributed by atoms with E-state index < -0.39 is 23.8 Å². The number of nitrogens with zero attached hydrogens (tertiary/aromatic N) is 1. The summed E-state index contributed by atoms with van der Waals surface area (Å²) >= 11 is 0. The van der Waals surface area contributed by atoms with Gasteiger partial charge in [0.1, 0.15) is 17.4 Å². The molecule has 1 aliphatic rings. The zero-order valence-electron chi connectivity index (χ0n) is 15.0. The van der Waals surface area contributed by atoms with Gasteiger partial charge in [-0.05, 0) is 48.6 Å². The van der Waals surface area contributed by atoms with E-state index in [0.717, 1.165) is 23.4 Å². The Morgan fingerprint density at radius 1 is 1.19 bits per heavy atom. The maximum atomic E-state index is 13.7. The van der Waals surface area contributed by atoms with Crippen LogP contribution in [0.25, 0.3) is 0 Å². The first-order valence-electron chi connectivity index (χ1n) is 8.81. The third kappa shape index (κ3) is 4.54.